The van der Waals surface area contributed by atoms with Crippen molar-refractivity contribution in [1.29, 1.82) is 0 Å². The Morgan fingerprint density at radius 1 is 0.815 bits per heavy atom. The molecule has 0 bridgehead atoms. The molecule has 0 fully saturated rings. The van der Waals surface area contributed by atoms with Crippen LogP contribution in [0.1, 0.15) is 5.56 Å². The molecule has 3 rings (SSSR count). The van der Waals surface area contributed by atoms with E-state index in [1.165, 1.54) is 0 Å². The highest BCUT2D eigenvalue weighted by Gasteiger charge is 2.09. The number of rotatable bonds is 7. The monoisotopic (exact) mass is 363 g/mol. The molecule has 0 atom stereocenters. The molecule has 0 aromatic heterocycles. The Morgan fingerprint density at radius 3 is 2.07 bits per heavy atom. The first-order valence-electron chi connectivity index (χ1n) is 8.98. The maximum absolute atomic E-state index is 9.57. The van der Waals surface area contributed by atoms with E-state index in [9.17, 15) is 10.2 Å². The highest BCUT2D eigenvalue weighted by atomic mass is 16.5. The maximum atomic E-state index is 9.57. The van der Waals surface area contributed by atoms with E-state index in [1.54, 1.807) is 12.1 Å². The molecule has 27 heavy (non-hydrogen) atoms. The summed E-state index contributed by atoms with van der Waals surface area (Å²) >= 11 is 0. The van der Waals surface area contributed by atoms with Crippen LogP contribution in [0.2, 0.25) is 0 Å². The normalized spacial score (nSPS) is 11.0. The Hall–Kier alpha value is -2.82. The number of aliphatic hydroxyl groups is 1. The molecule has 0 radical (unpaired) electrons. The first-order chi connectivity index (χ1) is 13.1. The van der Waals surface area contributed by atoms with Gasteiger partial charge in [0.25, 0.3) is 0 Å². The molecular formula is C23H25NO3. The molecule has 0 amide bonds. The second-order valence-electron chi connectivity index (χ2n) is 6.76. The zero-order chi connectivity index (χ0) is 19.2. The lowest BCUT2D eigenvalue weighted by Crippen LogP contribution is -2.19. The molecule has 0 saturated carbocycles. The molecule has 0 heterocycles. The molecule has 2 N–H and O–H groups in total. The fourth-order valence-electron chi connectivity index (χ4n) is 2.90. The Balaban J connectivity index is 1.90. The molecule has 4 nitrogen and oxygen atoms in total. The van der Waals surface area contributed by atoms with Gasteiger partial charge in [-0.3, -0.25) is 0 Å². The number of likely N-dealkylation sites (N-methyl/N-ethyl adjacent to an activating group) is 1. The van der Waals surface area contributed by atoms with E-state index in [-0.39, 0.29) is 12.4 Å². The number of nitrogens with zero attached hydrogens (tertiary/aromatic N) is 1. The van der Waals surface area contributed by atoms with Crippen LogP contribution in [0.3, 0.4) is 0 Å². The van der Waals surface area contributed by atoms with Crippen molar-refractivity contribution in [3.8, 4) is 33.8 Å². The number of phenols is 1. The van der Waals surface area contributed by atoms with E-state index in [0.717, 1.165) is 40.1 Å². The van der Waals surface area contributed by atoms with Crippen LogP contribution in [-0.4, -0.2) is 42.4 Å². The number of aliphatic hydroxyl groups excluding tert-OH is 1. The quantitative estimate of drug-likeness (QED) is 0.662. The molecule has 0 aliphatic carbocycles. The summed E-state index contributed by atoms with van der Waals surface area (Å²) in [4.78, 5) is 2.08. The lowest BCUT2D eigenvalue weighted by atomic mass is 9.93. The molecule has 4 heteroatoms. The Bertz CT molecular complexity index is 871. The lowest BCUT2D eigenvalue weighted by Gasteiger charge is -2.14. The number of aromatic hydroxyl groups is 1. The summed E-state index contributed by atoms with van der Waals surface area (Å²) in [7, 11) is 4.04. The van der Waals surface area contributed by atoms with E-state index in [4.69, 9.17) is 4.74 Å². The summed E-state index contributed by atoms with van der Waals surface area (Å²) < 4.78 is 5.77. The van der Waals surface area contributed by atoms with Gasteiger partial charge in [0, 0.05) is 6.54 Å². The van der Waals surface area contributed by atoms with Gasteiger partial charge in [-0.1, -0.05) is 36.4 Å². The van der Waals surface area contributed by atoms with Crippen molar-refractivity contribution >= 4 is 0 Å². The molecular weight excluding hydrogens is 338 g/mol. The summed E-state index contributed by atoms with van der Waals surface area (Å²) in [5, 5.41) is 19.1. The van der Waals surface area contributed by atoms with E-state index in [0.29, 0.717) is 6.61 Å². The number of ether oxygens (including phenoxy) is 1. The first kappa shape index (κ1) is 19.0. The highest BCUT2D eigenvalue weighted by molar-refractivity contribution is 5.84. The summed E-state index contributed by atoms with van der Waals surface area (Å²) in [6, 6.07) is 21.1. The second kappa shape index (κ2) is 8.71. The molecule has 140 valence electrons. The van der Waals surface area contributed by atoms with Gasteiger partial charge < -0.3 is 19.8 Å². The van der Waals surface area contributed by atoms with Crippen LogP contribution in [0.15, 0.2) is 66.7 Å². The highest BCUT2D eigenvalue weighted by Crippen LogP contribution is 2.34. The van der Waals surface area contributed by atoms with Crippen molar-refractivity contribution in [2.75, 3.05) is 27.2 Å². The second-order valence-corrected chi connectivity index (χ2v) is 6.76. The Labute approximate surface area is 160 Å². The maximum Gasteiger partial charge on any atom is 0.119 e. The van der Waals surface area contributed by atoms with Crippen LogP contribution in [0, 0.1) is 0 Å². The molecule has 0 saturated heterocycles. The molecule has 0 unspecified atom stereocenters. The lowest BCUT2D eigenvalue weighted by molar-refractivity contribution is 0.261. The van der Waals surface area contributed by atoms with Crippen molar-refractivity contribution in [2.24, 2.45) is 0 Å². The number of hydrogen-bond donors (Lipinski definition) is 2. The summed E-state index contributed by atoms with van der Waals surface area (Å²) in [5.41, 5.74) is 5.00. The predicted molar refractivity (Wildman–Crippen MR) is 109 cm³/mol. The van der Waals surface area contributed by atoms with E-state index < -0.39 is 0 Å². The van der Waals surface area contributed by atoms with Gasteiger partial charge >= 0.3 is 0 Å². The van der Waals surface area contributed by atoms with Crippen LogP contribution in [0.5, 0.6) is 11.5 Å². The van der Waals surface area contributed by atoms with Crippen LogP contribution < -0.4 is 4.74 Å². The molecule has 0 aliphatic heterocycles. The number of hydrogen-bond acceptors (Lipinski definition) is 4. The van der Waals surface area contributed by atoms with Gasteiger partial charge in [0.1, 0.15) is 18.1 Å². The third-order valence-electron chi connectivity index (χ3n) is 4.42. The molecule has 3 aromatic rings. The minimum Gasteiger partial charge on any atom is -0.508 e. The third-order valence-corrected chi connectivity index (χ3v) is 4.42. The summed E-state index contributed by atoms with van der Waals surface area (Å²) in [6.07, 6.45) is 0. The third kappa shape index (κ3) is 4.88. The first-order valence-corrected chi connectivity index (χ1v) is 8.98. The topological polar surface area (TPSA) is 52.9 Å². The summed E-state index contributed by atoms with van der Waals surface area (Å²) in [6.45, 7) is 1.51. The smallest absolute Gasteiger partial charge is 0.119 e. The zero-order valence-electron chi connectivity index (χ0n) is 15.7. The minimum atomic E-state index is -0.00990. The molecule has 0 aliphatic rings. The zero-order valence-corrected chi connectivity index (χ0v) is 15.7. The van der Waals surface area contributed by atoms with Crippen molar-refractivity contribution in [3.05, 3.63) is 72.3 Å². The predicted octanol–water partition coefficient (Wildman–Crippen LogP) is 4.16. The molecule has 0 spiro atoms. The fourth-order valence-corrected chi connectivity index (χ4v) is 2.90. The SMILES string of the molecule is CN(C)CCOc1ccc(-c2ccc(CO)cc2-c2ccc(O)cc2)cc1. The van der Waals surface area contributed by atoms with Crippen LogP contribution in [0.25, 0.3) is 22.3 Å². The van der Waals surface area contributed by atoms with Crippen molar-refractivity contribution < 1.29 is 14.9 Å². The average Bonchev–Trinajstić information content (AvgIpc) is 2.68. The van der Waals surface area contributed by atoms with Crippen molar-refractivity contribution in [2.45, 2.75) is 6.61 Å². The van der Waals surface area contributed by atoms with Gasteiger partial charge in [-0.15, -0.1) is 0 Å². The van der Waals surface area contributed by atoms with Gasteiger partial charge in [-0.25, -0.2) is 0 Å². The summed E-state index contributed by atoms with van der Waals surface area (Å²) in [5.74, 6) is 1.08. The van der Waals surface area contributed by atoms with Gasteiger partial charge in [-0.05, 0) is 72.2 Å². The van der Waals surface area contributed by atoms with E-state index >= 15 is 0 Å². The van der Waals surface area contributed by atoms with Gasteiger partial charge in [0.2, 0.25) is 0 Å². The van der Waals surface area contributed by atoms with Crippen LogP contribution >= 0.6 is 0 Å². The number of phenolic OH excluding ortho intramolecular Hbond substituents is 1. The molecule has 3 aromatic carbocycles. The van der Waals surface area contributed by atoms with E-state index in [1.807, 2.05) is 68.7 Å². The van der Waals surface area contributed by atoms with Crippen molar-refractivity contribution in [1.82, 2.24) is 4.90 Å². The van der Waals surface area contributed by atoms with Crippen LogP contribution in [-0.2, 0) is 6.61 Å². The van der Waals surface area contributed by atoms with Crippen LogP contribution in [0.4, 0.5) is 0 Å². The average molecular weight is 363 g/mol. The van der Waals surface area contributed by atoms with Crippen molar-refractivity contribution in [3.63, 3.8) is 0 Å². The Kier molecular flexibility index (Phi) is 6.12. The standard InChI is InChI=1S/C23H25NO3/c1-24(2)13-14-27-21-10-6-18(7-11-21)22-12-3-17(16-25)15-23(22)19-4-8-20(26)9-5-19/h3-12,15,25-26H,13-14,16H2,1-2H3. The van der Waals surface area contributed by atoms with Gasteiger partial charge in [0.15, 0.2) is 0 Å². The fraction of sp³-hybridized carbons (Fsp3) is 0.217. The van der Waals surface area contributed by atoms with Gasteiger partial charge in [-0.2, -0.15) is 0 Å². The Morgan fingerprint density at radius 2 is 1.44 bits per heavy atom. The largest absolute Gasteiger partial charge is 0.508 e. The number of benzene rings is 3. The minimum absolute atomic E-state index is 0.00990. The van der Waals surface area contributed by atoms with Gasteiger partial charge in [0.05, 0.1) is 6.61 Å². The van der Waals surface area contributed by atoms with E-state index in [2.05, 4.69) is 4.90 Å².